The zero-order chi connectivity index (χ0) is 11.4. The summed E-state index contributed by atoms with van der Waals surface area (Å²) in [6.45, 7) is 2.56. The third-order valence-electron chi connectivity index (χ3n) is 4.41. The van der Waals surface area contributed by atoms with E-state index in [1.807, 2.05) is 7.05 Å². The summed E-state index contributed by atoms with van der Waals surface area (Å²) in [4.78, 5) is 2.65. The molecule has 0 spiro atoms. The predicted molar refractivity (Wildman–Crippen MR) is 65.1 cm³/mol. The molecule has 3 heteroatoms. The van der Waals surface area contributed by atoms with E-state index in [0.29, 0.717) is 0 Å². The van der Waals surface area contributed by atoms with Crippen LogP contribution < -0.4 is 5.32 Å². The Labute approximate surface area is 98.8 Å². The van der Waals surface area contributed by atoms with Gasteiger partial charge in [0, 0.05) is 6.04 Å². The predicted octanol–water partition coefficient (Wildman–Crippen LogP) is 1.90. The molecule has 1 saturated heterocycles. The van der Waals surface area contributed by atoms with E-state index in [1.165, 1.54) is 45.2 Å². The molecular formula is C13H23N3. The van der Waals surface area contributed by atoms with Crippen molar-refractivity contribution >= 4 is 0 Å². The van der Waals surface area contributed by atoms with Crippen LogP contribution >= 0.6 is 0 Å². The van der Waals surface area contributed by atoms with Crippen molar-refractivity contribution in [2.24, 2.45) is 0 Å². The summed E-state index contributed by atoms with van der Waals surface area (Å²) in [5, 5.41) is 12.4. The smallest absolute Gasteiger partial charge is 0.106 e. The summed E-state index contributed by atoms with van der Waals surface area (Å²) in [6, 6.07) is 3.21. The van der Waals surface area contributed by atoms with Crippen molar-refractivity contribution in [3.63, 3.8) is 0 Å². The van der Waals surface area contributed by atoms with Crippen LogP contribution in [0.1, 0.15) is 44.9 Å². The van der Waals surface area contributed by atoms with Gasteiger partial charge in [-0.25, -0.2) is 0 Å². The average molecular weight is 221 g/mol. The van der Waals surface area contributed by atoms with Gasteiger partial charge in [-0.2, -0.15) is 5.26 Å². The Kier molecular flexibility index (Phi) is 3.83. The average Bonchev–Trinajstić information content (AvgIpc) is 2.40. The fourth-order valence-electron chi connectivity index (χ4n) is 3.16. The highest BCUT2D eigenvalue weighted by Gasteiger charge is 2.35. The molecule has 1 aliphatic carbocycles. The standard InChI is InChI=1S/C13H23N3/c1-15-13(11-14)7-5-12(6-8-13)16-9-3-2-4-10-16/h12,15H,2-10H2,1H3. The van der Waals surface area contributed by atoms with Crippen LogP contribution in [0.5, 0.6) is 0 Å². The molecule has 0 amide bonds. The molecule has 0 bridgehead atoms. The van der Waals surface area contributed by atoms with Crippen LogP contribution in [0.15, 0.2) is 0 Å². The molecule has 2 rings (SSSR count). The molecule has 1 heterocycles. The maximum absolute atomic E-state index is 9.21. The number of nitriles is 1. The Bertz CT molecular complexity index is 255. The SMILES string of the molecule is CNC1(C#N)CCC(N2CCCCC2)CC1. The van der Waals surface area contributed by atoms with Crippen LogP contribution in [0, 0.1) is 11.3 Å². The van der Waals surface area contributed by atoms with Gasteiger partial charge in [0.25, 0.3) is 0 Å². The molecule has 0 aromatic carbocycles. The first-order valence-electron chi connectivity index (χ1n) is 6.64. The van der Waals surface area contributed by atoms with Crippen molar-refractivity contribution in [3.8, 4) is 6.07 Å². The van der Waals surface area contributed by atoms with E-state index in [-0.39, 0.29) is 5.54 Å². The topological polar surface area (TPSA) is 39.1 Å². The zero-order valence-corrected chi connectivity index (χ0v) is 10.3. The van der Waals surface area contributed by atoms with Gasteiger partial charge in [0.15, 0.2) is 0 Å². The van der Waals surface area contributed by atoms with Crippen LogP contribution in [0.25, 0.3) is 0 Å². The summed E-state index contributed by atoms with van der Waals surface area (Å²) in [7, 11) is 1.92. The van der Waals surface area contributed by atoms with Gasteiger partial charge in [-0.15, -0.1) is 0 Å². The third-order valence-corrected chi connectivity index (χ3v) is 4.41. The lowest BCUT2D eigenvalue weighted by Crippen LogP contribution is -2.50. The Morgan fingerprint density at radius 3 is 2.31 bits per heavy atom. The molecule has 1 aliphatic heterocycles. The number of nitrogens with one attached hydrogen (secondary N) is 1. The molecule has 0 unspecified atom stereocenters. The van der Waals surface area contributed by atoms with Gasteiger partial charge >= 0.3 is 0 Å². The molecule has 1 saturated carbocycles. The Balaban J connectivity index is 1.87. The van der Waals surface area contributed by atoms with Crippen molar-refractivity contribution in [1.82, 2.24) is 10.2 Å². The third kappa shape index (κ3) is 2.39. The van der Waals surface area contributed by atoms with E-state index in [1.54, 1.807) is 0 Å². The lowest BCUT2D eigenvalue weighted by atomic mass is 9.79. The summed E-state index contributed by atoms with van der Waals surface area (Å²) in [5.41, 5.74) is -0.230. The van der Waals surface area contributed by atoms with Crippen molar-refractivity contribution in [3.05, 3.63) is 0 Å². The largest absolute Gasteiger partial charge is 0.302 e. The second kappa shape index (κ2) is 5.16. The maximum Gasteiger partial charge on any atom is 0.106 e. The van der Waals surface area contributed by atoms with Gasteiger partial charge in [-0.1, -0.05) is 6.42 Å². The number of rotatable bonds is 2. The highest BCUT2D eigenvalue weighted by atomic mass is 15.2. The molecular weight excluding hydrogens is 198 g/mol. The molecule has 0 aromatic heterocycles. The highest BCUT2D eigenvalue weighted by molar-refractivity contribution is 5.09. The molecule has 3 nitrogen and oxygen atoms in total. The molecule has 2 aliphatic rings. The molecule has 0 atom stereocenters. The first kappa shape index (κ1) is 11.9. The van der Waals surface area contributed by atoms with E-state index in [4.69, 9.17) is 0 Å². The highest BCUT2D eigenvalue weighted by Crippen LogP contribution is 2.31. The van der Waals surface area contributed by atoms with Crippen LogP contribution in [-0.4, -0.2) is 36.6 Å². The molecule has 90 valence electrons. The van der Waals surface area contributed by atoms with Gasteiger partial charge in [-0.05, 0) is 58.7 Å². The Morgan fingerprint density at radius 1 is 1.19 bits per heavy atom. The molecule has 0 aromatic rings. The van der Waals surface area contributed by atoms with Crippen molar-refractivity contribution in [1.29, 1.82) is 5.26 Å². The van der Waals surface area contributed by atoms with E-state index >= 15 is 0 Å². The van der Waals surface area contributed by atoms with Crippen molar-refractivity contribution in [2.75, 3.05) is 20.1 Å². The van der Waals surface area contributed by atoms with Gasteiger partial charge in [0.2, 0.25) is 0 Å². The first-order valence-corrected chi connectivity index (χ1v) is 6.64. The molecule has 16 heavy (non-hydrogen) atoms. The minimum atomic E-state index is -0.230. The van der Waals surface area contributed by atoms with Crippen LogP contribution in [0.3, 0.4) is 0 Å². The van der Waals surface area contributed by atoms with Crippen LogP contribution in [0.4, 0.5) is 0 Å². The normalized spacial score (nSPS) is 36.9. The summed E-state index contributed by atoms with van der Waals surface area (Å²) in [5.74, 6) is 0. The van der Waals surface area contributed by atoms with E-state index in [2.05, 4.69) is 16.3 Å². The fraction of sp³-hybridized carbons (Fsp3) is 0.923. The van der Waals surface area contributed by atoms with Crippen LogP contribution in [-0.2, 0) is 0 Å². The van der Waals surface area contributed by atoms with E-state index in [0.717, 1.165) is 18.9 Å². The number of hydrogen-bond acceptors (Lipinski definition) is 3. The molecule has 2 fully saturated rings. The van der Waals surface area contributed by atoms with Crippen molar-refractivity contribution in [2.45, 2.75) is 56.5 Å². The Morgan fingerprint density at radius 2 is 1.81 bits per heavy atom. The molecule has 1 N–H and O–H groups in total. The van der Waals surface area contributed by atoms with Gasteiger partial charge in [0.05, 0.1) is 6.07 Å². The number of nitrogens with zero attached hydrogens (tertiary/aromatic N) is 2. The lowest BCUT2D eigenvalue weighted by Gasteiger charge is -2.41. The minimum Gasteiger partial charge on any atom is -0.302 e. The quantitative estimate of drug-likeness (QED) is 0.774. The van der Waals surface area contributed by atoms with Crippen LogP contribution in [0.2, 0.25) is 0 Å². The number of likely N-dealkylation sites (tertiary alicyclic amines) is 1. The monoisotopic (exact) mass is 221 g/mol. The minimum absolute atomic E-state index is 0.230. The number of piperidine rings is 1. The summed E-state index contributed by atoms with van der Waals surface area (Å²) in [6.07, 6.45) is 8.55. The van der Waals surface area contributed by atoms with Gasteiger partial charge < -0.3 is 10.2 Å². The second-order valence-corrected chi connectivity index (χ2v) is 5.27. The van der Waals surface area contributed by atoms with Gasteiger partial charge in [0.1, 0.15) is 5.54 Å². The number of hydrogen-bond donors (Lipinski definition) is 1. The summed E-state index contributed by atoms with van der Waals surface area (Å²) >= 11 is 0. The summed E-state index contributed by atoms with van der Waals surface area (Å²) < 4.78 is 0. The molecule has 0 radical (unpaired) electrons. The van der Waals surface area contributed by atoms with E-state index in [9.17, 15) is 5.26 Å². The lowest BCUT2D eigenvalue weighted by molar-refractivity contribution is 0.110. The Hall–Kier alpha value is -0.590. The van der Waals surface area contributed by atoms with Crippen molar-refractivity contribution < 1.29 is 0 Å². The second-order valence-electron chi connectivity index (χ2n) is 5.27. The van der Waals surface area contributed by atoms with E-state index < -0.39 is 0 Å². The van der Waals surface area contributed by atoms with Gasteiger partial charge in [-0.3, -0.25) is 0 Å². The zero-order valence-electron chi connectivity index (χ0n) is 10.3. The first-order chi connectivity index (χ1) is 7.79. The maximum atomic E-state index is 9.21. The fourth-order valence-corrected chi connectivity index (χ4v) is 3.16.